The number of pyridine rings is 1. The van der Waals surface area contributed by atoms with Crippen molar-refractivity contribution in [1.29, 1.82) is 0 Å². The SMILES string of the molecule is COC(=O)Cc1cncc(OC)c1Br. The van der Waals surface area contributed by atoms with Crippen molar-refractivity contribution in [1.82, 2.24) is 4.98 Å². The summed E-state index contributed by atoms with van der Waals surface area (Å²) in [7, 11) is 2.90. The number of ether oxygens (including phenoxy) is 2. The molecule has 0 aliphatic rings. The Labute approximate surface area is 90.4 Å². The summed E-state index contributed by atoms with van der Waals surface area (Å²) in [5.41, 5.74) is 0.746. The van der Waals surface area contributed by atoms with Gasteiger partial charge in [-0.25, -0.2) is 0 Å². The maximum absolute atomic E-state index is 11.0. The highest BCUT2D eigenvalue weighted by atomic mass is 79.9. The lowest BCUT2D eigenvalue weighted by molar-refractivity contribution is -0.139. The predicted octanol–water partition coefficient (Wildman–Crippen LogP) is 1.57. The second-order valence-electron chi connectivity index (χ2n) is 2.57. The molecule has 0 aliphatic carbocycles. The molecule has 0 N–H and O–H groups in total. The van der Waals surface area contributed by atoms with Crippen LogP contribution in [0.25, 0.3) is 0 Å². The lowest BCUT2D eigenvalue weighted by atomic mass is 10.2. The van der Waals surface area contributed by atoms with E-state index in [1.54, 1.807) is 19.5 Å². The average Bonchev–Trinajstić information content (AvgIpc) is 2.21. The second kappa shape index (κ2) is 4.95. The zero-order chi connectivity index (χ0) is 10.6. The monoisotopic (exact) mass is 259 g/mol. The highest BCUT2D eigenvalue weighted by Gasteiger charge is 2.10. The van der Waals surface area contributed by atoms with Crippen LogP contribution in [0, 0.1) is 0 Å². The van der Waals surface area contributed by atoms with E-state index in [4.69, 9.17) is 4.74 Å². The van der Waals surface area contributed by atoms with Crippen LogP contribution in [0.15, 0.2) is 16.9 Å². The van der Waals surface area contributed by atoms with Crippen LogP contribution in [0.4, 0.5) is 0 Å². The Morgan fingerprint density at radius 2 is 2.21 bits per heavy atom. The second-order valence-corrected chi connectivity index (χ2v) is 3.36. The lowest BCUT2D eigenvalue weighted by Gasteiger charge is -2.06. The van der Waals surface area contributed by atoms with Gasteiger partial charge >= 0.3 is 5.97 Å². The van der Waals surface area contributed by atoms with Gasteiger partial charge in [0.25, 0.3) is 0 Å². The van der Waals surface area contributed by atoms with Crippen molar-refractivity contribution in [3.8, 4) is 5.75 Å². The Morgan fingerprint density at radius 1 is 1.50 bits per heavy atom. The van der Waals surface area contributed by atoms with E-state index in [2.05, 4.69) is 25.7 Å². The molecule has 5 heteroatoms. The van der Waals surface area contributed by atoms with Gasteiger partial charge in [0.1, 0.15) is 0 Å². The molecule has 1 heterocycles. The fourth-order valence-corrected chi connectivity index (χ4v) is 1.47. The molecule has 0 aromatic carbocycles. The number of hydrogen-bond acceptors (Lipinski definition) is 4. The standard InChI is InChI=1S/C9H10BrNO3/c1-13-7-5-11-4-6(9(7)10)3-8(12)14-2/h4-5H,3H2,1-2H3. The van der Waals surface area contributed by atoms with Crippen molar-refractivity contribution in [3.63, 3.8) is 0 Å². The van der Waals surface area contributed by atoms with Crippen LogP contribution >= 0.6 is 15.9 Å². The third-order valence-electron chi connectivity index (χ3n) is 1.70. The zero-order valence-corrected chi connectivity index (χ0v) is 9.50. The van der Waals surface area contributed by atoms with E-state index in [9.17, 15) is 4.79 Å². The molecule has 4 nitrogen and oxygen atoms in total. The normalized spacial score (nSPS) is 9.64. The highest BCUT2D eigenvalue weighted by molar-refractivity contribution is 9.10. The number of carbonyl (C=O) groups excluding carboxylic acids is 1. The third kappa shape index (κ3) is 2.45. The van der Waals surface area contributed by atoms with Crippen molar-refractivity contribution in [2.45, 2.75) is 6.42 Å². The molecule has 0 atom stereocenters. The summed E-state index contributed by atoms with van der Waals surface area (Å²) >= 11 is 3.33. The van der Waals surface area contributed by atoms with Crippen molar-refractivity contribution < 1.29 is 14.3 Å². The molecule has 0 fully saturated rings. The van der Waals surface area contributed by atoms with Crippen molar-refractivity contribution in [3.05, 3.63) is 22.4 Å². The first-order chi connectivity index (χ1) is 6.69. The number of hydrogen-bond donors (Lipinski definition) is 0. The van der Waals surface area contributed by atoms with Crippen molar-refractivity contribution in [2.75, 3.05) is 14.2 Å². The number of halogens is 1. The van der Waals surface area contributed by atoms with Gasteiger partial charge in [-0.1, -0.05) is 0 Å². The fourth-order valence-electron chi connectivity index (χ4n) is 0.960. The molecule has 0 amide bonds. The highest BCUT2D eigenvalue weighted by Crippen LogP contribution is 2.27. The molecule has 0 bridgehead atoms. The van der Waals surface area contributed by atoms with Gasteiger partial charge < -0.3 is 9.47 Å². The van der Waals surface area contributed by atoms with Crippen LogP contribution in [0.1, 0.15) is 5.56 Å². The first-order valence-corrected chi connectivity index (χ1v) is 4.71. The van der Waals surface area contributed by atoms with Crippen LogP contribution in [0.3, 0.4) is 0 Å². The van der Waals surface area contributed by atoms with E-state index in [1.807, 2.05) is 0 Å². The first kappa shape index (κ1) is 11.0. The molecule has 0 spiro atoms. The van der Waals surface area contributed by atoms with E-state index in [1.165, 1.54) is 7.11 Å². The number of aromatic nitrogens is 1. The van der Waals surface area contributed by atoms with Crippen LogP contribution in [-0.2, 0) is 16.0 Å². The van der Waals surface area contributed by atoms with E-state index in [0.29, 0.717) is 5.75 Å². The van der Waals surface area contributed by atoms with Crippen LogP contribution < -0.4 is 4.74 Å². The lowest BCUT2D eigenvalue weighted by Crippen LogP contribution is -2.05. The molecule has 0 aliphatic heterocycles. The van der Waals surface area contributed by atoms with Gasteiger partial charge in [-0.3, -0.25) is 9.78 Å². The minimum atomic E-state index is -0.305. The maximum atomic E-state index is 11.0. The number of nitrogens with zero attached hydrogens (tertiary/aromatic N) is 1. The Bertz CT molecular complexity index is 341. The number of carbonyl (C=O) groups is 1. The number of rotatable bonds is 3. The molecule has 0 saturated carbocycles. The molecular weight excluding hydrogens is 250 g/mol. The fraction of sp³-hybridized carbons (Fsp3) is 0.333. The summed E-state index contributed by atoms with van der Waals surface area (Å²) in [5, 5.41) is 0. The largest absolute Gasteiger partial charge is 0.494 e. The quantitative estimate of drug-likeness (QED) is 0.774. The Morgan fingerprint density at radius 3 is 2.79 bits per heavy atom. The van der Waals surface area contributed by atoms with Gasteiger partial charge in [-0.15, -0.1) is 0 Å². The van der Waals surface area contributed by atoms with Gasteiger partial charge in [0.05, 0.1) is 31.3 Å². The van der Waals surface area contributed by atoms with Crippen molar-refractivity contribution in [2.24, 2.45) is 0 Å². The zero-order valence-electron chi connectivity index (χ0n) is 7.91. The average molecular weight is 260 g/mol. The predicted molar refractivity (Wildman–Crippen MR) is 54.2 cm³/mol. The summed E-state index contributed by atoms with van der Waals surface area (Å²) in [6.45, 7) is 0. The molecule has 0 radical (unpaired) electrons. The summed E-state index contributed by atoms with van der Waals surface area (Å²) in [4.78, 5) is 15.0. The van der Waals surface area contributed by atoms with Gasteiger partial charge in [0.2, 0.25) is 0 Å². The molecule has 0 saturated heterocycles. The number of esters is 1. The molecule has 0 unspecified atom stereocenters. The molecule has 1 rings (SSSR count). The Balaban J connectivity index is 2.92. The van der Waals surface area contributed by atoms with Crippen molar-refractivity contribution >= 4 is 21.9 Å². The Hall–Kier alpha value is -1.10. The van der Waals surface area contributed by atoms with Gasteiger partial charge in [0, 0.05) is 6.20 Å². The van der Waals surface area contributed by atoms with Crippen LogP contribution in [0.5, 0.6) is 5.75 Å². The van der Waals surface area contributed by atoms with Gasteiger partial charge in [-0.2, -0.15) is 0 Å². The molecule has 1 aromatic rings. The maximum Gasteiger partial charge on any atom is 0.310 e. The summed E-state index contributed by atoms with van der Waals surface area (Å²) in [6, 6.07) is 0. The van der Waals surface area contributed by atoms with E-state index < -0.39 is 0 Å². The number of methoxy groups -OCH3 is 2. The first-order valence-electron chi connectivity index (χ1n) is 3.92. The summed E-state index contributed by atoms with van der Waals surface area (Å²) in [5.74, 6) is 0.298. The van der Waals surface area contributed by atoms with Gasteiger partial charge in [0.15, 0.2) is 5.75 Å². The van der Waals surface area contributed by atoms with E-state index >= 15 is 0 Å². The summed E-state index contributed by atoms with van der Waals surface area (Å²) in [6.07, 6.45) is 3.36. The van der Waals surface area contributed by atoms with E-state index in [0.717, 1.165) is 10.0 Å². The van der Waals surface area contributed by atoms with E-state index in [-0.39, 0.29) is 12.4 Å². The molecule has 76 valence electrons. The smallest absolute Gasteiger partial charge is 0.310 e. The minimum Gasteiger partial charge on any atom is -0.494 e. The third-order valence-corrected chi connectivity index (χ3v) is 2.60. The topological polar surface area (TPSA) is 48.4 Å². The van der Waals surface area contributed by atoms with Crippen LogP contribution in [0.2, 0.25) is 0 Å². The minimum absolute atomic E-state index is 0.182. The molecular formula is C9H10BrNO3. The Kier molecular flexibility index (Phi) is 3.88. The van der Waals surface area contributed by atoms with Crippen LogP contribution in [-0.4, -0.2) is 25.2 Å². The molecule has 14 heavy (non-hydrogen) atoms. The molecule has 1 aromatic heterocycles. The summed E-state index contributed by atoms with van der Waals surface area (Å²) < 4.78 is 10.3. The van der Waals surface area contributed by atoms with Gasteiger partial charge in [-0.05, 0) is 21.5 Å².